The van der Waals surface area contributed by atoms with Gasteiger partial charge >= 0.3 is 11.1 Å². The van der Waals surface area contributed by atoms with Crippen LogP contribution in [-0.2, 0) is 27.4 Å². The number of amides is 1. The first-order valence-electron chi connectivity index (χ1n) is 10.9. The van der Waals surface area contributed by atoms with Gasteiger partial charge in [0.25, 0.3) is 0 Å². The van der Waals surface area contributed by atoms with Crippen molar-refractivity contribution in [3.63, 3.8) is 0 Å². The third-order valence-electron chi connectivity index (χ3n) is 6.30. The lowest BCUT2D eigenvalue weighted by molar-refractivity contribution is -0.187. The first-order valence-corrected chi connectivity index (χ1v) is 10.9. The van der Waals surface area contributed by atoms with Crippen LogP contribution in [0, 0.1) is 0 Å². The molecule has 5 rings (SSSR count). The van der Waals surface area contributed by atoms with E-state index in [4.69, 9.17) is 9.47 Å². The van der Waals surface area contributed by atoms with Crippen molar-refractivity contribution in [2.24, 2.45) is 0 Å². The smallest absolute Gasteiger partial charge is 0.317 e. The van der Waals surface area contributed by atoms with Gasteiger partial charge in [-0.25, -0.2) is 0 Å². The number of carbonyl (C=O) groups excluding carboxylic acids is 1. The maximum absolute atomic E-state index is 13.0. The third kappa shape index (κ3) is 3.76. The molecule has 0 saturated carbocycles. The Morgan fingerprint density at radius 1 is 0.812 bits per heavy atom. The van der Waals surface area contributed by atoms with E-state index in [0.717, 1.165) is 5.56 Å². The predicted molar refractivity (Wildman–Crippen MR) is 118 cm³/mol. The number of carbonyl (C=O) groups is 1. The van der Waals surface area contributed by atoms with Crippen LogP contribution in [-0.4, -0.2) is 52.0 Å². The van der Waals surface area contributed by atoms with E-state index < -0.39 is 16.9 Å². The van der Waals surface area contributed by atoms with Gasteiger partial charge in [-0.1, -0.05) is 42.5 Å². The third-order valence-corrected chi connectivity index (χ3v) is 6.30. The zero-order valence-corrected chi connectivity index (χ0v) is 17.7. The number of ether oxygens (including phenoxy) is 2. The van der Waals surface area contributed by atoms with E-state index in [1.54, 1.807) is 23.1 Å². The Morgan fingerprint density at radius 2 is 1.38 bits per heavy atom. The number of aromatic nitrogens is 2. The predicted octanol–water partition coefficient (Wildman–Crippen LogP) is 1.58. The molecule has 3 heterocycles. The van der Waals surface area contributed by atoms with Crippen molar-refractivity contribution in [2.45, 2.75) is 31.7 Å². The molecule has 3 aromatic rings. The zero-order valence-electron chi connectivity index (χ0n) is 17.7. The van der Waals surface area contributed by atoms with Gasteiger partial charge < -0.3 is 14.4 Å². The Kier molecular flexibility index (Phi) is 5.40. The second-order valence-corrected chi connectivity index (χ2v) is 8.25. The summed E-state index contributed by atoms with van der Waals surface area (Å²) in [6.07, 6.45) is 1.21. The number of hydrogen-bond acceptors (Lipinski definition) is 5. The summed E-state index contributed by atoms with van der Waals surface area (Å²) in [7, 11) is 0. The molecule has 2 aromatic carbocycles. The van der Waals surface area contributed by atoms with Gasteiger partial charge in [-0.15, -0.1) is 0 Å². The van der Waals surface area contributed by atoms with Crippen molar-refractivity contribution in [1.29, 1.82) is 0 Å². The summed E-state index contributed by atoms with van der Waals surface area (Å²) in [5.74, 6) is -0.761. The van der Waals surface area contributed by atoms with Crippen molar-refractivity contribution in [2.75, 3.05) is 26.3 Å². The van der Waals surface area contributed by atoms with Gasteiger partial charge in [0.1, 0.15) is 6.54 Å². The summed E-state index contributed by atoms with van der Waals surface area (Å²) < 4.78 is 14.2. The molecule has 0 atom stereocenters. The molecule has 0 N–H and O–H groups in total. The topological polar surface area (TPSA) is 82.8 Å². The van der Waals surface area contributed by atoms with Crippen LogP contribution in [0.15, 0.2) is 64.2 Å². The zero-order chi connectivity index (χ0) is 22.1. The lowest BCUT2D eigenvalue weighted by Gasteiger charge is -2.37. The second kappa shape index (κ2) is 8.37. The first kappa shape index (κ1) is 20.7. The highest BCUT2D eigenvalue weighted by atomic mass is 16.7. The minimum atomic E-state index is -0.691. The molecule has 2 fully saturated rings. The fourth-order valence-electron chi connectivity index (χ4n) is 4.57. The van der Waals surface area contributed by atoms with E-state index in [1.807, 2.05) is 36.4 Å². The Bertz CT molecular complexity index is 1250. The van der Waals surface area contributed by atoms with E-state index in [9.17, 15) is 14.4 Å². The lowest BCUT2D eigenvalue weighted by Crippen LogP contribution is -2.49. The van der Waals surface area contributed by atoms with Crippen molar-refractivity contribution < 1.29 is 14.3 Å². The van der Waals surface area contributed by atoms with Gasteiger partial charge in [-0.05, 0) is 17.7 Å². The Hall–Kier alpha value is -3.23. The minimum absolute atomic E-state index is 0.171. The monoisotopic (exact) mass is 435 g/mol. The van der Waals surface area contributed by atoms with Crippen molar-refractivity contribution in [1.82, 2.24) is 14.0 Å². The summed E-state index contributed by atoms with van der Waals surface area (Å²) in [5, 5.41) is 0. The molecule has 0 aliphatic carbocycles. The number of benzene rings is 2. The van der Waals surface area contributed by atoms with Gasteiger partial charge in [-0.3, -0.25) is 23.5 Å². The fraction of sp³-hybridized carbons (Fsp3) is 0.375. The number of rotatable bonds is 4. The Balaban J connectivity index is 1.44. The molecule has 1 aromatic heterocycles. The van der Waals surface area contributed by atoms with Crippen LogP contribution in [0.5, 0.6) is 0 Å². The first-order chi connectivity index (χ1) is 15.6. The number of hydrogen-bond donors (Lipinski definition) is 0. The normalized spacial score (nSPS) is 17.8. The maximum atomic E-state index is 13.0. The molecule has 0 radical (unpaired) electrons. The summed E-state index contributed by atoms with van der Waals surface area (Å²) in [6, 6.07) is 16.7. The highest BCUT2D eigenvalue weighted by Crippen LogP contribution is 2.31. The van der Waals surface area contributed by atoms with Gasteiger partial charge in [0.15, 0.2) is 5.79 Å². The molecule has 8 nitrogen and oxygen atoms in total. The van der Waals surface area contributed by atoms with Crippen LogP contribution in [0.1, 0.15) is 18.4 Å². The van der Waals surface area contributed by atoms with Crippen molar-refractivity contribution in [3.05, 3.63) is 80.9 Å². The van der Waals surface area contributed by atoms with Crippen LogP contribution < -0.4 is 11.1 Å². The number of piperidine rings is 1. The van der Waals surface area contributed by atoms with Crippen LogP contribution in [0.25, 0.3) is 11.0 Å². The minimum Gasteiger partial charge on any atom is -0.347 e. The number of nitrogens with zero attached hydrogens (tertiary/aromatic N) is 3. The van der Waals surface area contributed by atoms with Crippen LogP contribution >= 0.6 is 0 Å². The summed E-state index contributed by atoms with van der Waals surface area (Å²) in [5.41, 5.74) is 0.789. The number of para-hydroxylation sites is 2. The lowest BCUT2D eigenvalue weighted by atomic mass is 10.0. The molecular weight excluding hydrogens is 410 g/mol. The molecule has 0 unspecified atom stereocenters. The molecule has 2 saturated heterocycles. The van der Waals surface area contributed by atoms with Crippen LogP contribution in [0.4, 0.5) is 0 Å². The summed E-state index contributed by atoms with van der Waals surface area (Å²) >= 11 is 0. The molecule has 2 aliphatic rings. The standard InChI is InChI=1S/C24H25N3O5/c28-21(25-12-10-24(11-13-25)31-14-15-32-24)17-27-20-9-5-4-8-19(20)26(22(29)23(27)30)16-18-6-2-1-3-7-18/h1-9H,10-17H2. The van der Waals surface area contributed by atoms with E-state index >= 15 is 0 Å². The molecule has 166 valence electrons. The van der Waals surface area contributed by atoms with Crippen molar-refractivity contribution >= 4 is 16.9 Å². The van der Waals surface area contributed by atoms with E-state index in [0.29, 0.717) is 56.7 Å². The molecule has 32 heavy (non-hydrogen) atoms. The van der Waals surface area contributed by atoms with Crippen LogP contribution in [0.2, 0.25) is 0 Å². The molecule has 1 amide bonds. The summed E-state index contributed by atoms with van der Waals surface area (Å²) in [4.78, 5) is 40.8. The highest BCUT2D eigenvalue weighted by Gasteiger charge is 2.40. The molecular formula is C24H25N3O5. The fourth-order valence-corrected chi connectivity index (χ4v) is 4.57. The molecule has 8 heteroatoms. The number of fused-ring (bicyclic) bond motifs is 1. The van der Waals surface area contributed by atoms with Gasteiger partial charge in [0.05, 0.1) is 30.8 Å². The summed E-state index contributed by atoms with van der Waals surface area (Å²) in [6.45, 7) is 2.27. The van der Waals surface area contributed by atoms with Crippen molar-refractivity contribution in [3.8, 4) is 0 Å². The molecule has 2 aliphatic heterocycles. The van der Waals surface area contributed by atoms with E-state index in [1.165, 1.54) is 9.13 Å². The second-order valence-electron chi connectivity index (χ2n) is 8.25. The van der Waals surface area contributed by atoms with Gasteiger partial charge in [0, 0.05) is 25.9 Å². The maximum Gasteiger partial charge on any atom is 0.317 e. The molecule has 0 bridgehead atoms. The van der Waals surface area contributed by atoms with Crippen LogP contribution in [0.3, 0.4) is 0 Å². The SMILES string of the molecule is O=C(Cn1c(=O)c(=O)n(Cc2ccccc2)c2ccccc21)N1CCC2(CC1)OCCO2. The largest absolute Gasteiger partial charge is 0.347 e. The Labute approximate surface area is 184 Å². The highest BCUT2D eigenvalue weighted by molar-refractivity contribution is 5.80. The average molecular weight is 435 g/mol. The van der Waals surface area contributed by atoms with E-state index in [-0.39, 0.29) is 12.5 Å². The van der Waals surface area contributed by atoms with Gasteiger partial charge in [0.2, 0.25) is 5.91 Å². The Morgan fingerprint density at radius 3 is 2.03 bits per heavy atom. The number of likely N-dealkylation sites (tertiary alicyclic amines) is 1. The molecule has 1 spiro atoms. The quantitative estimate of drug-likeness (QED) is 0.581. The van der Waals surface area contributed by atoms with Gasteiger partial charge in [-0.2, -0.15) is 0 Å². The van der Waals surface area contributed by atoms with E-state index in [2.05, 4.69) is 0 Å². The average Bonchev–Trinajstić information content (AvgIpc) is 3.28.